The van der Waals surface area contributed by atoms with Crippen LogP contribution in [0, 0.1) is 3.57 Å². The fourth-order valence-corrected chi connectivity index (χ4v) is 2.41. The molecule has 0 unspecified atom stereocenters. The minimum atomic E-state index is -4.45. The minimum absolute atomic E-state index is 0.0502. The van der Waals surface area contributed by atoms with E-state index in [0.29, 0.717) is 3.57 Å². The second-order valence-corrected chi connectivity index (χ2v) is 4.91. The van der Waals surface area contributed by atoms with Gasteiger partial charge in [0.2, 0.25) is 0 Å². The van der Waals surface area contributed by atoms with Crippen LogP contribution in [0.2, 0.25) is 0 Å². The number of carbonyl (C=O) groups excluding carboxylic acids is 1. The number of hydrogen-bond acceptors (Lipinski definition) is 1. The summed E-state index contributed by atoms with van der Waals surface area (Å²) in [6.07, 6.45) is -4.45. The average molecular weight is 393 g/mol. The molecule has 15 heavy (non-hydrogen) atoms. The summed E-state index contributed by atoms with van der Waals surface area (Å²) in [5.41, 5.74) is -0.770. The molecule has 0 spiro atoms. The molecule has 0 radical (unpaired) electrons. The first kappa shape index (κ1) is 13.0. The Bertz CT molecular complexity index is 415. The second kappa shape index (κ2) is 4.40. The van der Waals surface area contributed by atoms with E-state index >= 15 is 0 Å². The minimum Gasteiger partial charge on any atom is -0.294 e. The molecule has 6 heteroatoms. The lowest BCUT2D eigenvalue weighted by Crippen LogP contribution is -2.09. The zero-order chi connectivity index (χ0) is 11.8. The van der Waals surface area contributed by atoms with E-state index in [1.54, 1.807) is 22.6 Å². The van der Waals surface area contributed by atoms with E-state index < -0.39 is 17.5 Å². The Balaban J connectivity index is 3.49. The molecule has 0 saturated carbocycles. The van der Waals surface area contributed by atoms with E-state index in [4.69, 9.17) is 0 Å². The first-order valence-corrected chi connectivity index (χ1v) is 5.68. The van der Waals surface area contributed by atoms with Crippen LogP contribution in [0.15, 0.2) is 16.6 Å². The molecule has 0 saturated heterocycles. The van der Waals surface area contributed by atoms with Crippen LogP contribution < -0.4 is 0 Å². The summed E-state index contributed by atoms with van der Waals surface area (Å²) >= 11 is 4.56. The van der Waals surface area contributed by atoms with Gasteiger partial charge >= 0.3 is 6.18 Å². The van der Waals surface area contributed by atoms with E-state index in [1.165, 1.54) is 13.0 Å². The standard InChI is InChI=1S/C9H5BrF3IO/c1-4(15)6-2-5(14)3-7(8(6)10)9(11,12)13/h2-3H,1H3. The number of ketones is 1. The highest BCUT2D eigenvalue weighted by Crippen LogP contribution is 2.37. The van der Waals surface area contributed by atoms with Gasteiger partial charge < -0.3 is 0 Å². The Morgan fingerprint density at radius 3 is 2.33 bits per heavy atom. The van der Waals surface area contributed by atoms with Crippen molar-refractivity contribution < 1.29 is 18.0 Å². The van der Waals surface area contributed by atoms with Crippen molar-refractivity contribution in [3.63, 3.8) is 0 Å². The number of benzene rings is 1. The van der Waals surface area contributed by atoms with Gasteiger partial charge in [-0.05, 0) is 57.6 Å². The van der Waals surface area contributed by atoms with Gasteiger partial charge in [0, 0.05) is 13.6 Å². The van der Waals surface area contributed by atoms with Crippen LogP contribution in [0.5, 0.6) is 0 Å². The highest BCUT2D eigenvalue weighted by Gasteiger charge is 2.34. The van der Waals surface area contributed by atoms with E-state index in [9.17, 15) is 18.0 Å². The zero-order valence-corrected chi connectivity index (χ0v) is 11.2. The van der Waals surface area contributed by atoms with Crippen LogP contribution >= 0.6 is 38.5 Å². The summed E-state index contributed by atoms with van der Waals surface area (Å²) in [5.74, 6) is -0.397. The van der Waals surface area contributed by atoms with Crippen molar-refractivity contribution >= 4 is 44.3 Å². The second-order valence-electron chi connectivity index (χ2n) is 2.87. The van der Waals surface area contributed by atoms with Crippen molar-refractivity contribution in [1.29, 1.82) is 0 Å². The monoisotopic (exact) mass is 392 g/mol. The van der Waals surface area contributed by atoms with Crippen LogP contribution in [-0.2, 0) is 6.18 Å². The molecule has 1 rings (SSSR count). The number of halogens is 5. The van der Waals surface area contributed by atoms with Gasteiger partial charge in [-0.25, -0.2) is 0 Å². The smallest absolute Gasteiger partial charge is 0.294 e. The van der Waals surface area contributed by atoms with Crippen LogP contribution in [0.3, 0.4) is 0 Å². The van der Waals surface area contributed by atoms with Gasteiger partial charge in [0.1, 0.15) is 0 Å². The van der Waals surface area contributed by atoms with Crippen molar-refractivity contribution in [2.24, 2.45) is 0 Å². The summed E-state index contributed by atoms with van der Waals surface area (Å²) in [6.45, 7) is 1.23. The molecular formula is C9H5BrF3IO. The van der Waals surface area contributed by atoms with Gasteiger partial charge in [0.25, 0.3) is 0 Å². The number of Topliss-reactive ketones (excluding diaryl/α,β-unsaturated/α-hetero) is 1. The third kappa shape index (κ3) is 2.93. The quantitative estimate of drug-likeness (QED) is 0.515. The Hall–Kier alpha value is -0.110. The molecule has 0 aliphatic heterocycles. The highest BCUT2D eigenvalue weighted by molar-refractivity contribution is 14.1. The molecule has 0 aliphatic carbocycles. The molecule has 1 aromatic carbocycles. The molecule has 1 nitrogen and oxygen atoms in total. The molecule has 0 bridgehead atoms. The van der Waals surface area contributed by atoms with Crippen molar-refractivity contribution in [1.82, 2.24) is 0 Å². The summed E-state index contributed by atoms with van der Waals surface area (Å²) in [4.78, 5) is 11.1. The topological polar surface area (TPSA) is 17.1 Å². The molecule has 1 aromatic rings. The fraction of sp³-hybridized carbons (Fsp3) is 0.222. The number of alkyl halides is 3. The van der Waals surface area contributed by atoms with Crippen molar-refractivity contribution in [3.8, 4) is 0 Å². The molecule has 0 N–H and O–H groups in total. The predicted molar refractivity (Wildman–Crippen MR) is 61.9 cm³/mol. The van der Waals surface area contributed by atoms with Crippen LogP contribution in [0.1, 0.15) is 22.8 Å². The first-order chi connectivity index (χ1) is 6.73. The highest BCUT2D eigenvalue weighted by atomic mass is 127. The van der Waals surface area contributed by atoms with Gasteiger partial charge in [0.05, 0.1) is 5.56 Å². The lowest BCUT2D eigenvalue weighted by atomic mass is 10.1. The number of carbonyl (C=O) groups is 1. The van der Waals surface area contributed by atoms with Crippen LogP contribution in [-0.4, -0.2) is 5.78 Å². The lowest BCUT2D eigenvalue weighted by molar-refractivity contribution is -0.138. The van der Waals surface area contributed by atoms with E-state index in [1.807, 2.05) is 0 Å². The lowest BCUT2D eigenvalue weighted by Gasteiger charge is -2.12. The summed E-state index contributed by atoms with van der Waals surface area (Å²) in [7, 11) is 0. The molecular weight excluding hydrogens is 388 g/mol. The molecule has 0 aliphatic rings. The largest absolute Gasteiger partial charge is 0.417 e. The molecule has 0 fully saturated rings. The maximum absolute atomic E-state index is 12.5. The Kier molecular flexibility index (Phi) is 3.80. The summed E-state index contributed by atoms with van der Waals surface area (Å²) < 4.78 is 37.8. The maximum atomic E-state index is 12.5. The summed E-state index contributed by atoms with van der Waals surface area (Å²) in [5, 5.41) is 0. The fourth-order valence-electron chi connectivity index (χ4n) is 1.05. The van der Waals surface area contributed by atoms with Crippen molar-refractivity contribution in [2.75, 3.05) is 0 Å². The van der Waals surface area contributed by atoms with Gasteiger partial charge in [-0.15, -0.1) is 0 Å². The Morgan fingerprint density at radius 2 is 1.93 bits per heavy atom. The first-order valence-electron chi connectivity index (χ1n) is 3.80. The molecule has 0 amide bonds. The van der Waals surface area contributed by atoms with Gasteiger partial charge in [-0.2, -0.15) is 13.2 Å². The van der Waals surface area contributed by atoms with E-state index in [2.05, 4.69) is 15.9 Å². The predicted octanol–water partition coefficient (Wildman–Crippen LogP) is 4.28. The molecule has 0 heterocycles. The normalized spacial score (nSPS) is 11.6. The molecule has 0 atom stereocenters. The van der Waals surface area contributed by atoms with Crippen molar-refractivity contribution in [3.05, 3.63) is 31.3 Å². The van der Waals surface area contributed by atoms with E-state index in [0.717, 1.165) is 6.07 Å². The SMILES string of the molecule is CC(=O)c1cc(I)cc(C(F)(F)F)c1Br. The summed E-state index contributed by atoms with van der Waals surface area (Å²) in [6, 6.07) is 2.42. The maximum Gasteiger partial charge on any atom is 0.417 e. The van der Waals surface area contributed by atoms with Crippen LogP contribution in [0.4, 0.5) is 13.2 Å². The van der Waals surface area contributed by atoms with Crippen molar-refractivity contribution in [2.45, 2.75) is 13.1 Å². The Labute approximate surface area is 106 Å². The molecule has 82 valence electrons. The van der Waals surface area contributed by atoms with E-state index in [-0.39, 0.29) is 10.0 Å². The molecule has 0 aromatic heterocycles. The van der Waals surface area contributed by atoms with Gasteiger partial charge in [-0.1, -0.05) is 0 Å². The van der Waals surface area contributed by atoms with Crippen LogP contribution in [0.25, 0.3) is 0 Å². The number of rotatable bonds is 1. The Morgan fingerprint density at radius 1 is 1.40 bits per heavy atom. The number of hydrogen-bond donors (Lipinski definition) is 0. The van der Waals surface area contributed by atoms with Gasteiger partial charge in [-0.3, -0.25) is 4.79 Å². The van der Waals surface area contributed by atoms with Gasteiger partial charge in [0.15, 0.2) is 5.78 Å². The third-order valence-electron chi connectivity index (χ3n) is 1.72. The zero-order valence-electron chi connectivity index (χ0n) is 7.45. The third-order valence-corrected chi connectivity index (χ3v) is 3.20. The average Bonchev–Trinajstić information content (AvgIpc) is 2.06.